The Morgan fingerprint density at radius 1 is 1.38 bits per heavy atom. The van der Waals surface area contributed by atoms with Crippen LogP contribution in [0.5, 0.6) is 0 Å². The molecule has 5 nitrogen and oxygen atoms in total. The largest absolute Gasteiger partial charge is 0.376 e. The van der Waals surface area contributed by atoms with Crippen LogP contribution in [-0.2, 0) is 4.74 Å². The van der Waals surface area contributed by atoms with Gasteiger partial charge in [-0.05, 0) is 31.9 Å². The van der Waals surface area contributed by atoms with Crippen LogP contribution in [0.4, 0.5) is 5.82 Å². The molecule has 1 N–H and O–H groups in total. The normalized spacial score (nSPS) is 18.6. The van der Waals surface area contributed by atoms with E-state index in [0.717, 1.165) is 54.1 Å². The minimum atomic E-state index is 0.299. The summed E-state index contributed by atoms with van der Waals surface area (Å²) in [5.74, 6) is 0.911. The minimum Gasteiger partial charge on any atom is -0.376 e. The molecule has 108 valence electrons. The van der Waals surface area contributed by atoms with E-state index in [0.29, 0.717) is 6.10 Å². The van der Waals surface area contributed by atoms with Crippen molar-refractivity contribution in [1.82, 2.24) is 14.6 Å². The number of hydrogen-bond donors (Lipinski definition) is 1. The summed E-state index contributed by atoms with van der Waals surface area (Å²) in [7, 11) is 0. The van der Waals surface area contributed by atoms with Crippen molar-refractivity contribution in [2.45, 2.75) is 25.9 Å². The zero-order valence-electron chi connectivity index (χ0n) is 12.0. The Balaban J connectivity index is 1.77. The van der Waals surface area contributed by atoms with Crippen molar-refractivity contribution in [3.63, 3.8) is 0 Å². The van der Waals surface area contributed by atoms with E-state index in [4.69, 9.17) is 9.72 Å². The molecule has 1 unspecified atom stereocenters. The fraction of sp³-hybridized carbons (Fsp3) is 0.375. The number of para-hydroxylation sites is 1. The Labute approximate surface area is 122 Å². The topological polar surface area (TPSA) is 51.5 Å². The first-order chi connectivity index (χ1) is 10.3. The first-order valence-corrected chi connectivity index (χ1v) is 7.42. The predicted molar refractivity (Wildman–Crippen MR) is 82.7 cm³/mol. The summed E-state index contributed by atoms with van der Waals surface area (Å²) in [4.78, 5) is 4.72. The van der Waals surface area contributed by atoms with Crippen molar-refractivity contribution in [1.29, 1.82) is 0 Å². The lowest BCUT2D eigenvalue weighted by molar-refractivity contribution is 0.120. The maximum absolute atomic E-state index is 5.67. The molecule has 4 rings (SSSR count). The molecular formula is C16H18N4O. The third kappa shape index (κ3) is 2.23. The third-order valence-electron chi connectivity index (χ3n) is 3.95. The molecule has 0 radical (unpaired) electrons. The Bertz CT molecular complexity index is 789. The Kier molecular flexibility index (Phi) is 3.00. The molecule has 21 heavy (non-hydrogen) atoms. The second kappa shape index (κ2) is 5.00. The highest BCUT2D eigenvalue weighted by molar-refractivity contribution is 5.91. The number of aryl methyl sites for hydroxylation is 1. The van der Waals surface area contributed by atoms with Crippen LogP contribution in [0.1, 0.15) is 18.5 Å². The molecule has 2 aromatic heterocycles. The average molecular weight is 282 g/mol. The number of hydrogen-bond acceptors (Lipinski definition) is 4. The summed E-state index contributed by atoms with van der Waals surface area (Å²) < 4.78 is 7.58. The van der Waals surface area contributed by atoms with Gasteiger partial charge in [-0.3, -0.25) is 0 Å². The predicted octanol–water partition coefficient (Wildman–Crippen LogP) is 2.78. The summed E-state index contributed by atoms with van der Waals surface area (Å²) in [6.45, 7) is 3.67. The molecule has 1 aliphatic rings. The number of nitrogens with one attached hydrogen (secondary N) is 1. The quantitative estimate of drug-likeness (QED) is 0.802. The van der Waals surface area contributed by atoms with Gasteiger partial charge in [0, 0.05) is 24.6 Å². The van der Waals surface area contributed by atoms with Crippen molar-refractivity contribution in [2.24, 2.45) is 0 Å². The molecular weight excluding hydrogens is 264 g/mol. The molecule has 1 saturated heterocycles. The number of benzene rings is 1. The van der Waals surface area contributed by atoms with E-state index in [1.54, 1.807) is 0 Å². The summed E-state index contributed by atoms with van der Waals surface area (Å²) in [6.07, 6.45) is 2.58. The summed E-state index contributed by atoms with van der Waals surface area (Å²) >= 11 is 0. The van der Waals surface area contributed by atoms with Gasteiger partial charge in [-0.25, -0.2) is 9.50 Å². The van der Waals surface area contributed by atoms with Gasteiger partial charge < -0.3 is 10.1 Å². The Hall–Kier alpha value is -2.14. The lowest BCUT2D eigenvalue weighted by Crippen LogP contribution is -2.19. The molecule has 1 aliphatic heterocycles. The SMILES string of the molecule is Cc1cc2nc(NCC3CCCO3)c3ccccc3n2n1. The zero-order valence-corrected chi connectivity index (χ0v) is 12.0. The monoisotopic (exact) mass is 282 g/mol. The van der Waals surface area contributed by atoms with E-state index in [2.05, 4.69) is 22.5 Å². The highest BCUT2D eigenvalue weighted by Gasteiger charge is 2.16. The van der Waals surface area contributed by atoms with Gasteiger partial charge >= 0.3 is 0 Å². The molecule has 5 heteroatoms. The zero-order chi connectivity index (χ0) is 14.2. The van der Waals surface area contributed by atoms with Gasteiger partial charge in [0.25, 0.3) is 0 Å². The molecule has 3 heterocycles. The second-order valence-corrected chi connectivity index (χ2v) is 5.55. The maximum atomic E-state index is 5.67. The van der Waals surface area contributed by atoms with Crippen LogP contribution in [0, 0.1) is 6.92 Å². The molecule has 1 atom stereocenters. The highest BCUT2D eigenvalue weighted by atomic mass is 16.5. The molecule has 0 aliphatic carbocycles. The van der Waals surface area contributed by atoms with Crippen LogP contribution in [0.25, 0.3) is 16.6 Å². The minimum absolute atomic E-state index is 0.299. The summed E-state index contributed by atoms with van der Waals surface area (Å²) in [6, 6.07) is 10.2. The number of nitrogens with zero attached hydrogens (tertiary/aromatic N) is 3. The van der Waals surface area contributed by atoms with Crippen LogP contribution >= 0.6 is 0 Å². The molecule has 0 bridgehead atoms. The second-order valence-electron chi connectivity index (χ2n) is 5.55. The van der Waals surface area contributed by atoms with Crippen molar-refractivity contribution in [2.75, 3.05) is 18.5 Å². The van der Waals surface area contributed by atoms with E-state index in [1.165, 1.54) is 0 Å². The van der Waals surface area contributed by atoms with Crippen LogP contribution < -0.4 is 5.32 Å². The first kappa shape index (κ1) is 12.6. The van der Waals surface area contributed by atoms with Gasteiger partial charge in [-0.2, -0.15) is 5.10 Å². The van der Waals surface area contributed by atoms with E-state index >= 15 is 0 Å². The van der Waals surface area contributed by atoms with Crippen LogP contribution in [0.2, 0.25) is 0 Å². The molecule has 3 aromatic rings. The van der Waals surface area contributed by atoms with E-state index < -0.39 is 0 Å². The lowest BCUT2D eigenvalue weighted by Gasteiger charge is -2.13. The molecule has 1 fully saturated rings. The van der Waals surface area contributed by atoms with Crippen molar-refractivity contribution < 1.29 is 4.74 Å². The third-order valence-corrected chi connectivity index (χ3v) is 3.95. The lowest BCUT2D eigenvalue weighted by atomic mass is 10.2. The van der Waals surface area contributed by atoms with Crippen molar-refractivity contribution in [3.8, 4) is 0 Å². The molecule has 0 spiro atoms. The van der Waals surface area contributed by atoms with Gasteiger partial charge in [0.2, 0.25) is 0 Å². The van der Waals surface area contributed by atoms with Gasteiger partial charge in [-0.1, -0.05) is 12.1 Å². The van der Waals surface area contributed by atoms with Crippen molar-refractivity contribution >= 4 is 22.4 Å². The average Bonchev–Trinajstić information content (AvgIpc) is 3.13. The number of aromatic nitrogens is 3. The van der Waals surface area contributed by atoms with Gasteiger partial charge in [0.15, 0.2) is 5.65 Å². The van der Waals surface area contributed by atoms with E-state index in [1.807, 2.05) is 29.6 Å². The number of ether oxygens (including phenoxy) is 1. The summed E-state index contributed by atoms with van der Waals surface area (Å²) in [5.41, 5.74) is 2.93. The Morgan fingerprint density at radius 2 is 2.29 bits per heavy atom. The number of rotatable bonds is 3. The fourth-order valence-electron chi connectivity index (χ4n) is 2.93. The van der Waals surface area contributed by atoms with Gasteiger partial charge in [-0.15, -0.1) is 0 Å². The van der Waals surface area contributed by atoms with Crippen LogP contribution in [-0.4, -0.2) is 33.9 Å². The van der Waals surface area contributed by atoms with Gasteiger partial charge in [0.05, 0.1) is 17.3 Å². The van der Waals surface area contributed by atoms with E-state index in [-0.39, 0.29) is 0 Å². The first-order valence-electron chi connectivity index (χ1n) is 7.42. The number of anilines is 1. The standard InChI is InChI=1S/C16H18N4O/c1-11-9-15-18-16(17-10-12-5-4-8-21-12)13-6-2-3-7-14(13)20(15)19-11/h2-3,6-7,9,12H,4-5,8,10H2,1H3,(H,17,18). The smallest absolute Gasteiger partial charge is 0.158 e. The maximum Gasteiger partial charge on any atom is 0.158 e. The van der Waals surface area contributed by atoms with Crippen LogP contribution in [0.15, 0.2) is 30.3 Å². The molecule has 0 saturated carbocycles. The highest BCUT2D eigenvalue weighted by Crippen LogP contribution is 2.24. The number of fused-ring (bicyclic) bond motifs is 3. The fourth-order valence-corrected chi connectivity index (χ4v) is 2.93. The summed E-state index contributed by atoms with van der Waals surface area (Å²) in [5, 5.41) is 9.06. The van der Waals surface area contributed by atoms with E-state index in [9.17, 15) is 0 Å². The Morgan fingerprint density at radius 3 is 3.14 bits per heavy atom. The van der Waals surface area contributed by atoms with Crippen LogP contribution in [0.3, 0.4) is 0 Å². The van der Waals surface area contributed by atoms with Crippen molar-refractivity contribution in [3.05, 3.63) is 36.0 Å². The van der Waals surface area contributed by atoms with Gasteiger partial charge in [0.1, 0.15) is 5.82 Å². The molecule has 0 amide bonds. The molecule has 1 aromatic carbocycles.